The van der Waals surface area contributed by atoms with Gasteiger partial charge in [0, 0.05) is 47.8 Å². The van der Waals surface area contributed by atoms with Gasteiger partial charge in [0.15, 0.2) is 0 Å². The molecule has 0 unspecified atom stereocenters. The molecule has 32 heavy (non-hydrogen) atoms. The third-order valence-corrected chi connectivity index (χ3v) is 9.00. The number of piperidine rings is 1. The molecule has 2 aromatic carbocycles. The zero-order valence-electron chi connectivity index (χ0n) is 17.6. The summed E-state index contributed by atoms with van der Waals surface area (Å²) in [5.74, 6) is -0.491. The molecule has 0 aliphatic carbocycles. The maximum atomic E-state index is 13.3. The quantitative estimate of drug-likeness (QED) is 0.537. The molecule has 166 valence electrons. The highest BCUT2D eigenvalue weighted by molar-refractivity contribution is 7.98. The van der Waals surface area contributed by atoms with Crippen LogP contribution in [-0.4, -0.2) is 36.6 Å². The van der Waals surface area contributed by atoms with Gasteiger partial charge in [-0.15, -0.1) is 11.8 Å². The topological polar surface area (TPSA) is 59.4 Å². The van der Waals surface area contributed by atoms with Crippen molar-refractivity contribution in [2.75, 3.05) is 19.3 Å². The maximum absolute atomic E-state index is 13.3. The van der Waals surface area contributed by atoms with Crippen molar-refractivity contribution in [1.29, 1.82) is 0 Å². The lowest BCUT2D eigenvalue weighted by molar-refractivity contribution is 0.187. The smallest absolute Gasteiger partial charge is 0.250 e. The van der Waals surface area contributed by atoms with E-state index in [9.17, 15) is 17.6 Å². The Bertz CT molecular complexity index is 1320. The summed E-state index contributed by atoms with van der Waals surface area (Å²) in [7, 11) is -3.74. The predicted octanol–water partition coefficient (Wildman–Crippen LogP) is 4.18. The van der Waals surface area contributed by atoms with E-state index in [4.69, 9.17) is 0 Å². The van der Waals surface area contributed by atoms with Crippen molar-refractivity contribution in [3.05, 3.63) is 82.5 Å². The summed E-state index contributed by atoms with van der Waals surface area (Å²) in [5.41, 5.74) is 2.85. The molecule has 1 fully saturated rings. The highest BCUT2D eigenvalue weighted by Crippen LogP contribution is 2.41. The minimum Gasteiger partial charge on any atom is -0.311 e. The van der Waals surface area contributed by atoms with Gasteiger partial charge >= 0.3 is 0 Å². The second-order valence-corrected chi connectivity index (χ2v) is 11.2. The number of benzene rings is 2. The molecule has 2 atom stereocenters. The fourth-order valence-electron chi connectivity index (χ4n) is 4.94. The first-order chi connectivity index (χ1) is 15.4. The Morgan fingerprint density at radius 1 is 0.938 bits per heavy atom. The lowest BCUT2D eigenvalue weighted by atomic mass is 9.81. The number of hydrogen-bond donors (Lipinski definition) is 0. The zero-order chi connectivity index (χ0) is 22.5. The molecule has 1 saturated heterocycles. The summed E-state index contributed by atoms with van der Waals surface area (Å²) in [6.45, 7) is 1.15. The summed E-state index contributed by atoms with van der Waals surface area (Å²) in [5, 5.41) is 0. The van der Waals surface area contributed by atoms with Gasteiger partial charge in [-0.25, -0.2) is 12.8 Å². The number of sulfonamides is 1. The molecule has 2 aliphatic rings. The van der Waals surface area contributed by atoms with Crippen LogP contribution in [-0.2, 0) is 16.6 Å². The van der Waals surface area contributed by atoms with Crippen LogP contribution in [0.1, 0.15) is 18.0 Å². The Hall–Kier alpha value is -2.42. The van der Waals surface area contributed by atoms with E-state index in [-0.39, 0.29) is 22.3 Å². The average molecular weight is 471 g/mol. The number of fused-ring (bicyclic) bond motifs is 4. The summed E-state index contributed by atoms with van der Waals surface area (Å²) in [6, 6.07) is 16.6. The van der Waals surface area contributed by atoms with Crippen LogP contribution in [0, 0.1) is 11.7 Å². The molecule has 8 heteroatoms. The Morgan fingerprint density at radius 2 is 1.66 bits per heavy atom. The van der Waals surface area contributed by atoms with Crippen LogP contribution < -0.4 is 5.56 Å². The van der Waals surface area contributed by atoms with Gasteiger partial charge in [-0.3, -0.25) is 4.79 Å². The van der Waals surface area contributed by atoms with Gasteiger partial charge in [0.2, 0.25) is 10.0 Å². The molecule has 0 amide bonds. The van der Waals surface area contributed by atoms with Crippen molar-refractivity contribution < 1.29 is 12.8 Å². The van der Waals surface area contributed by atoms with Crippen LogP contribution in [0.2, 0.25) is 0 Å². The first-order valence-electron chi connectivity index (χ1n) is 10.5. The molecule has 5 rings (SSSR count). The van der Waals surface area contributed by atoms with Crippen LogP contribution in [0.25, 0.3) is 11.1 Å². The molecule has 0 radical (unpaired) electrons. The van der Waals surface area contributed by atoms with E-state index >= 15 is 0 Å². The molecule has 0 saturated carbocycles. The number of aromatic nitrogens is 1. The molecule has 3 heterocycles. The van der Waals surface area contributed by atoms with E-state index in [1.807, 2.05) is 16.9 Å². The minimum absolute atomic E-state index is 0.0472. The molecule has 3 aromatic rings. The van der Waals surface area contributed by atoms with Gasteiger partial charge in [-0.1, -0.05) is 12.1 Å². The Balaban J connectivity index is 1.55. The van der Waals surface area contributed by atoms with Crippen LogP contribution in [0.15, 0.2) is 75.2 Å². The Kier molecular flexibility index (Phi) is 5.47. The maximum Gasteiger partial charge on any atom is 0.250 e. The van der Waals surface area contributed by atoms with Gasteiger partial charge in [0.25, 0.3) is 5.56 Å². The van der Waals surface area contributed by atoms with Gasteiger partial charge in [-0.05, 0) is 66.6 Å². The molecule has 0 N–H and O–H groups in total. The van der Waals surface area contributed by atoms with Crippen molar-refractivity contribution in [3.63, 3.8) is 0 Å². The summed E-state index contributed by atoms with van der Waals surface area (Å²) < 4.78 is 43.2. The summed E-state index contributed by atoms with van der Waals surface area (Å²) >= 11 is 1.67. The van der Waals surface area contributed by atoms with Crippen molar-refractivity contribution >= 4 is 21.8 Å². The number of nitrogens with zero attached hydrogens (tertiary/aromatic N) is 2. The molecule has 0 spiro atoms. The first-order valence-corrected chi connectivity index (χ1v) is 13.2. The molecular weight excluding hydrogens is 447 g/mol. The highest BCUT2D eigenvalue weighted by atomic mass is 32.2. The number of halogens is 1. The van der Waals surface area contributed by atoms with Crippen LogP contribution in [0.5, 0.6) is 0 Å². The minimum atomic E-state index is -3.74. The first kappa shape index (κ1) is 21.4. The molecular formula is C24H23FN2O3S2. The average Bonchev–Trinajstić information content (AvgIpc) is 2.80. The monoisotopic (exact) mass is 470 g/mol. The Morgan fingerprint density at radius 3 is 2.34 bits per heavy atom. The van der Waals surface area contributed by atoms with E-state index in [0.717, 1.165) is 28.1 Å². The van der Waals surface area contributed by atoms with E-state index < -0.39 is 15.8 Å². The predicted molar refractivity (Wildman–Crippen MR) is 124 cm³/mol. The lowest BCUT2D eigenvalue weighted by Gasteiger charge is -2.42. The zero-order valence-corrected chi connectivity index (χ0v) is 19.2. The van der Waals surface area contributed by atoms with Crippen LogP contribution in [0.4, 0.5) is 4.39 Å². The summed E-state index contributed by atoms with van der Waals surface area (Å²) in [4.78, 5) is 14.0. The molecule has 2 bridgehead atoms. The summed E-state index contributed by atoms with van der Waals surface area (Å²) in [6.07, 6.45) is 2.87. The molecule has 2 aliphatic heterocycles. The van der Waals surface area contributed by atoms with Crippen molar-refractivity contribution in [2.45, 2.75) is 28.7 Å². The third-order valence-electron chi connectivity index (χ3n) is 6.41. The highest BCUT2D eigenvalue weighted by Gasteiger charge is 2.40. The van der Waals surface area contributed by atoms with Gasteiger partial charge in [0.05, 0.1) is 4.90 Å². The number of thioether (sulfide) groups is 1. The van der Waals surface area contributed by atoms with Crippen molar-refractivity contribution in [2.24, 2.45) is 5.92 Å². The van der Waals surface area contributed by atoms with Gasteiger partial charge < -0.3 is 4.57 Å². The standard InChI is InChI=1S/C24H23FN2O3S2/c1-31-20-6-2-17(3-7-20)22-10-11-23(28)27-14-16-12-18(24(22)27)15-26(13-16)32(29,30)21-8-4-19(25)5-9-21/h2-11,16,18H,12-15H2,1H3/t16-,18+/m0/s1. The lowest BCUT2D eigenvalue weighted by Crippen LogP contribution is -2.49. The normalized spacial score (nSPS) is 20.7. The second-order valence-electron chi connectivity index (χ2n) is 8.38. The fourth-order valence-corrected chi connectivity index (χ4v) is 6.91. The van der Waals surface area contributed by atoms with E-state index in [1.54, 1.807) is 17.8 Å². The number of pyridine rings is 1. The largest absolute Gasteiger partial charge is 0.311 e. The van der Waals surface area contributed by atoms with Gasteiger partial charge in [-0.2, -0.15) is 4.31 Å². The van der Waals surface area contributed by atoms with Crippen molar-refractivity contribution in [3.8, 4) is 11.1 Å². The third kappa shape index (κ3) is 3.70. The molecule has 5 nitrogen and oxygen atoms in total. The van der Waals surface area contributed by atoms with Gasteiger partial charge in [0.1, 0.15) is 5.82 Å². The van der Waals surface area contributed by atoms with E-state index in [2.05, 4.69) is 24.3 Å². The second kappa shape index (κ2) is 8.17. The molecule has 1 aromatic heterocycles. The van der Waals surface area contributed by atoms with Crippen molar-refractivity contribution in [1.82, 2.24) is 8.87 Å². The Labute approximate surface area is 190 Å². The number of rotatable bonds is 4. The SMILES string of the molecule is CSc1ccc(-c2ccc(=O)n3c2[C@@H]2C[C@@H](CN(S(=O)(=O)c4ccc(F)cc4)C2)C3)cc1. The number of hydrogen-bond acceptors (Lipinski definition) is 4. The fraction of sp³-hybridized carbons (Fsp3) is 0.292. The van der Waals surface area contributed by atoms with E-state index in [1.165, 1.54) is 28.6 Å². The van der Waals surface area contributed by atoms with Crippen LogP contribution in [0.3, 0.4) is 0 Å². The van der Waals surface area contributed by atoms with E-state index in [0.29, 0.717) is 19.6 Å². The van der Waals surface area contributed by atoms with Crippen LogP contribution >= 0.6 is 11.8 Å².